The summed E-state index contributed by atoms with van der Waals surface area (Å²) in [6.07, 6.45) is 1.61. The number of hydrogen-bond acceptors (Lipinski definition) is 4. The number of carbonyl (C=O) groups excluding carboxylic acids is 2. The third kappa shape index (κ3) is 4.46. The third-order valence-electron chi connectivity index (χ3n) is 4.48. The maximum Gasteiger partial charge on any atom is 0.337 e. The fourth-order valence-electron chi connectivity index (χ4n) is 3.07. The van der Waals surface area contributed by atoms with Crippen LogP contribution < -0.4 is 5.43 Å². The van der Waals surface area contributed by atoms with E-state index in [-0.39, 0.29) is 11.9 Å². The number of aryl methyl sites for hydroxylation is 1. The van der Waals surface area contributed by atoms with Crippen LogP contribution in [0.25, 0.3) is 5.69 Å². The minimum absolute atomic E-state index is 0.298. The molecule has 0 atom stereocenters. The zero-order valence-electron chi connectivity index (χ0n) is 16.3. The first-order valence-electron chi connectivity index (χ1n) is 8.88. The summed E-state index contributed by atoms with van der Waals surface area (Å²) in [7, 11) is 1.36. The Hall–Kier alpha value is -3.19. The Morgan fingerprint density at radius 1 is 1.10 bits per heavy atom. The van der Waals surface area contributed by atoms with Gasteiger partial charge < -0.3 is 9.30 Å². The molecule has 7 heteroatoms. The van der Waals surface area contributed by atoms with Gasteiger partial charge in [0.1, 0.15) is 0 Å². The molecule has 0 fully saturated rings. The van der Waals surface area contributed by atoms with Gasteiger partial charge in [0.05, 0.1) is 24.5 Å². The van der Waals surface area contributed by atoms with Crippen LogP contribution in [-0.4, -0.2) is 29.8 Å². The predicted molar refractivity (Wildman–Crippen MR) is 116 cm³/mol. The zero-order chi connectivity index (χ0) is 21.0. The summed E-state index contributed by atoms with van der Waals surface area (Å²) < 4.78 is 7.52. The molecule has 148 valence electrons. The monoisotopic (exact) mass is 453 g/mol. The van der Waals surface area contributed by atoms with Gasteiger partial charge in [0.25, 0.3) is 5.91 Å². The van der Waals surface area contributed by atoms with Gasteiger partial charge in [-0.05, 0) is 66.2 Å². The van der Waals surface area contributed by atoms with Crippen LogP contribution in [-0.2, 0) is 4.74 Å². The van der Waals surface area contributed by atoms with Crippen molar-refractivity contribution in [3.05, 3.63) is 87.1 Å². The van der Waals surface area contributed by atoms with Crippen LogP contribution in [0.2, 0.25) is 0 Å². The molecule has 3 aromatic rings. The number of carbonyl (C=O) groups is 2. The van der Waals surface area contributed by atoms with Crippen LogP contribution in [0.5, 0.6) is 0 Å². The van der Waals surface area contributed by atoms with Gasteiger partial charge in [-0.25, -0.2) is 10.2 Å². The summed E-state index contributed by atoms with van der Waals surface area (Å²) in [5.74, 6) is -0.681. The molecule has 2 aromatic carbocycles. The molecule has 0 spiro atoms. The van der Waals surface area contributed by atoms with Crippen molar-refractivity contribution in [1.82, 2.24) is 9.99 Å². The van der Waals surface area contributed by atoms with E-state index in [1.807, 2.05) is 42.7 Å². The van der Waals surface area contributed by atoms with Gasteiger partial charge in [-0.15, -0.1) is 0 Å². The number of amides is 1. The lowest BCUT2D eigenvalue weighted by molar-refractivity contribution is 0.0600. The topological polar surface area (TPSA) is 72.7 Å². The van der Waals surface area contributed by atoms with Crippen LogP contribution >= 0.6 is 15.9 Å². The summed E-state index contributed by atoms with van der Waals surface area (Å²) in [5, 5.41) is 4.09. The molecule has 0 aliphatic rings. The SMILES string of the molecule is COC(=O)c1cccc(-n2c(C)cc(/C=N\NC(=O)c3ccccc3Br)c2C)c1. The highest BCUT2D eigenvalue weighted by Gasteiger charge is 2.13. The molecule has 0 unspecified atom stereocenters. The van der Waals surface area contributed by atoms with E-state index in [1.54, 1.807) is 36.5 Å². The van der Waals surface area contributed by atoms with Crippen molar-refractivity contribution in [2.24, 2.45) is 5.10 Å². The molecule has 0 bridgehead atoms. The van der Waals surface area contributed by atoms with Crippen molar-refractivity contribution >= 4 is 34.0 Å². The van der Waals surface area contributed by atoms with E-state index in [1.165, 1.54) is 7.11 Å². The minimum atomic E-state index is -0.383. The van der Waals surface area contributed by atoms with Crippen LogP contribution in [0.1, 0.15) is 37.7 Å². The van der Waals surface area contributed by atoms with Crippen molar-refractivity contribution in [2.45, 2.75) is 13.8 Å². The van der Waals surface area contributed by atoms with Gasteiger partial charge in [-0.3, -0.25) is 4.79 Å². The number of hydrazone groups is 1. The first-order chi connectivity index (χ1) is 13.9. The quantitative estimate of drug-likeness (QED) is 0.353. The van der Waals surface area contributed by atoms with E-state index in [0.29, 0.717) is 15.6 Å². The fourth-order valence-corrected chi connectivity index (χ4v) is 3.54. The van der Waals surface area contributed by atoms with Gasteiger partial charge in [-0.2, -0.15) is 5.10 Å². The highest BCUT2D eigenvalue weighted by Crippen LogP contribution is 2.21. The minimum Gasteiger partial charge on any atom is -0.465 e. The number of benzene rings is 2. The van der Waals surface area contributed by atoms with Crippen LogP contribution in [0.3, 0.4) is 0 Å². The zero-order valence-corrected chi connectivity index (χ0v) is 17.9. The van der Waals surface area contributed by atoms with Crippen molar-refractivity contribution < 1.29 is 14.3 Å². The number of methoxy groups -OCH3 is 1. The number of ether oxygens (including phenoxy) is 1. The average Bonchev–Trinajstić information content (AvgIpc) is 3.00. The number of rotatable bonds is 5. The first kappa shape index (κ1) is 20.5. The number of esters is 1. The Morgan fingerprint density at radius 2 is 1.86 bits per heavy atom. The van der Waals surface area contributed by atoms with Gasteiger partial charge >= 0.3 is 5.97 Å². The Bertz CT molecular complexity index is 1100. The normalized spacial score (nSPS) is 10.9. The number of aromatic nitrogens is 1. The van der Waals surface area contributed by atoms with E-state index in [2.05, 4.69) is 26.5 Å². The molecule has 0 aliphatic carbocycles. The Balaban J connectivity index is 1.83. The molecule has 3 rings (SSSR count). The van der Waals surface area contributed by atoms with E-state index in [4.69, 9.17) is 4.74 Å². The van der Waals surface area contributed by atoms with Gasteiger partial charge in [0.2, 0.25) is 0 Å². The first-order valence-corrected chi connectivity index (χ1v) is 9.67. The number of nitrogens with zero attached hydrogens (tertiary/aromatic N) is 2. The number of halogens is 1. The molecule has 0 radical (unpaired) electrons. The predicted octanol–water partition coefficient (Wildman–Crippen LogP) is 4.41. The summed E-state index contributed by atoms with van der Waals surface area (Å²) in [6.45, 7) is 3.92. The van der Waals surface area contributed by atoms with E-state index in [9.17, 15) is 9.59 Å². The highest BCUT2D eigenvalue weighted by molar-refractivity contribution is 9.10. The molecular formula is C22H20BrN3O3. The van der Waals surface area contributed by atoms with Crippen molar-refractivity contribution in [3.8, 4) is 5.69 Å². The van der Waals surface area contributed by atoms with E-state index in [0.717, 1.165) is 22.6 Å². The maximum atomic E-state index is 12.3. The third-order valence-corrected chi connectivity index (χ3v) is 5.18. The Labute approximate surface area is 177 Å². The molecule has 1 N–H and O–H groups in total. The largest absolute Gasteiger partial charge is 0.465 e. The maximum absolute atomic E-state index is 12.3. The standard InChI is InChI=1S/C22H20BrN3O3/c1-14-11-17(13-24-25-21(27)19-9-4-5-10-20(19)23)15(2)26(14)18-8-6-7-16(12-18)22(28)29-3/h4-13H,1-3H3,(H,25,27)/b24-13-. The van der Waals surface area contributed by atoms with Crippen LogP contribution in [0, 0.1) is 13.8 Å². The number of hydrogen-bond donors (Lipinski definition) is 1. The lowest BCUT2D eigenvalue weighted by Crippen LogP contribution is -2.18. The molecule has 1 amide bonds. The number of nitrogens with one attached hydrogen (secondary N) is 1. The second-order valence-corrected chi connectivity index (χ2v) is 7.24. The smallest absolute Gasteiger partial charge is 0.337 e. The van der Waals surface area contributed by atoms with Crippen molar-refractivity contribution in [1.29, 1.82) is 0 Å². The van der Waals surface area contributed by atoms with E-state index >= 15 is 0 Å². The second kappa shape index (κ2) is 8.87. The average molecular weight is 454 g/mol. The van der Waals surface area contributed by atoms with Crippen molar-refractivity contribution in [3.63, 3.8) is 0 Å². The molecule has 0 aliphatic heterocycles. The second-order valence-electron chi connectivity index (χ2n) is 6.38. The Kier molecular flexibility index (Phi) is 6.29. The van der Waals surface area contributed by atoms with Gasteiger partial charge in [0.15, 0.2) is 0 Å². The lowest BCUT2D eigenvalue weighted by Gasteiger charge is -2.11. The summed E-state index contributed by atoms with van der Waals surface area (Å²) in [4.78, 5) is 24.1. The summed E-state index contributed by atoms with van der Waals surface area (Å²) in [6, 6.07) is 16.3. The highest BCUT2D eigenvalue weighted by atomic mass is 79.9. The van der Waals surface area contributed by atoms with Crippen molar-refractivity contribution in [2.75, 3.05) is 7.11 Å². The molecular weight excluding hydrogens is 434 g/mol. The fraction of sp³-hybridized carbons (Fsp3) is 0.136. The molecule has 1 aromatic heterocycles. The lowest BCUT2D eigenvalue weighted by atomic mass is 10.2. The molecule has 1 heterocycles. The molecule has 29 heavy (non-hydrogen) atoms. The van der Waals surface area contributed by atoms with Gasteiger partial charge in [0, 0.05) is 27.1 Å². The van der Waals surface area contributed by atoms with Crippen LogP contribution in [0.4, 0.5) is 0 Å². The van der Waals surface area contributed by atoms with Crippen LogP contribution in [0.15, 0.2) is 64.2 Å². The Morgan fingerprint density at radius 3 is 2.59 bits per heavy atom. The van der Waals surface area contributed by atoms with E-state index < -0.39 is 0 Å². The summed E-state index contributed by atoms with van der Waals surface area (Å²) >= 11 is 3.36. The van der Waals surface area contributed by atoms with Gasteiger partial charge in [-0.1, -0.05) is 18.2 Å². The summed E-state index contributed by atoms with van der Waals surface area (Å²) in [5.41, 5.74) is 7.15. The molecule has 0 saturated carbocycles. The molecule has 0 saturated heterocycles. The molecule has 6 nitrogen and oxygen atoms in total.